The summed E-state index contributed by atoms with van der Waals surface area (Å²) in [5.41, 5.74) is 5.55. The van der Waals surface area contributed by atoms with Gasteiger partial charge in [-0.3, -0.25) is 4.79 Å². The van der Waals surface area contributed by atoms with Gasteiger partial charge in [-0.05, 0) is 96.6 Å². The highest BCUT2D eigenvalue weighted by Gasteiger charge is 2.31. The molecule has 1 atom stereocenters. The third-order valence-electron chi connectivity index (χ3n) is 7.06. The number of likely N-dealkylation sites (N-methyl/N-ethyl adjacent to an activating group) is 1. The molecule has 7 nitrogen and oxygen atoms in total. The highest BCUT2D eigenvalue weighted by atomic mass is 16.7. The number of allylic oxidation sites excluding steroid dienone is 1. The summed E-state index contributed by atoms with van der Waals surface area (Å²) in [6, 6.07) is 21.5. The topological polar surface area (TPSA) is 77.5 Å². The van der Waals surface area contributed by atoms with E-state index in [-0.39, 0.29) is 31.2 Å². The van der Waals surface area contributed by atoms with Crippen LogP contribution in [-0.4, -0.2) is 55.6 Å². The van der Waals surface area contributed by atoms with Crippen LogP contribution in [0.15, 0.2) is 66.7 Å². The zero-order valence-corrected chi connectivity index (χ0v) is 22.7. The number of carbonyl (C=O) groups excluding carboxylic acids is 1. The molecule has 1 unspecified atom stereocenters. The number of ether oxygens (including phenoxy) is 4. The van der Waals surface area contributed by atoms with Crippen molar-refractivity contribution in [3.05, 3.63) is 83.4 Å². The van der Waals surface area contributed by atoms with E-state index < -0.39 is 0 Å². The Balaban J connectivity index is 1.47. The van der Waals surface area contributed by atoms with Gasteiger partial charge >= 0.3 is 5.97 Å². The molecule has 1 aliphatic carbocycles. The van der Waals surface area contributed by atoms with Gasteiger partial charge in [-0.1, -0.05) is 37.3 Å². The number of carbonyl (C=O) groups is 1. The maximum absolute atomic E-state index is 11.6. The van der Waals surface area contributed by atoms with Crippen molar-refractivity contribution < 1.29 is 28.8 Å². The van der Waals surface area contributed by atoms with Crippen LogP contribution in [0.2, 0.25) is 0 Å². The first kappa shape index (κ1) is 26.6. The number of hydrogen-bond acceptors (Lipinski definition) is 7. The monoisotopic (exact) mass is 529 g/mol. The van der Waals surface area contributed by atoms with E-state index in [2.05, 4.69) is 36.1 Å². The van der Waals surface area contributed by atoms with Crippen LogP contribution in [0.1, 0.15) is 43.4 Å². The fourth-order valence-electron chi connectivity index (χ4n) is 4.87. The van der Waals surface area contributed by atoms with E-state index in [1.807, 2.05) is 37.4 Å². The minimum absolute atomic E-state index is 0.231. The van der Waals surface area contributed by atoms with Gasteiger partial charge in [0, 0.05) is 13.5 Å². The SMILES string of the molecule is CCN(C)CC(COc1ccc(C(=C(c2ccc3c(c2)OCO3)C2CC2)c2ccc(O)cc2)cc1)OC(C)=O. The van der Waals surface area contributed by atoms with Crippen molar-refractivity contribution in [2.45, 2.75) is 32.8 Å². The largest absolute Gasteiger partial charge is 0.508 e. The molecule has 39 heavy (non-hydrogen) atoms. The molecule has 7 heteroatoms. The van der Waals surface area contributed by atoms with E-state index in [1.165, 1.54) is 12.5 Å². The summed E-state index contributed by atoms with van der Waals surface area (Å²) >= 11 is 0. The van der Waals surface area contributed by atoms with E-state index in [1.54, 1.807) is 12.1 Å². The first-order valence-electron chi connectivity index (χ1n) is 13.4. The van der Waals surface area contributed by atoms with Gasteiger partial charge in [0.1, 0.15) is 24.2 Å². The minimum Gasteiger partial charge on any atom is -0.508 e. The first-order chi connectivity index (χ1) is 18.9. The molecule has 0 spiro atoms. The van der Waals surface area contributed by atoms with Crippen LogP contribution in [-0.2, 0) is 9.53 Å². The van der Waals surface area contributed by atoms with E-state index >= 15 is 0 Å². The number of aromatic hydroxyl groups is 1. The highest BCUT2D eigenvalue weighted by molar-refractivity contribution is 6.00. The second-order valence-corrected chi connectivity index (χ2v) is 10.1. The van der Waals surface area contributed by atoms with Crippen molar-refractivity contribution in [2.24, 2.45) is 5.92 Å². The molecule has 3 aromatic rings. The lowest BCUT2D eigenvalue weighted by molar-refractivity contribution is -0.148. The molecule has 0 radical (unpaired) electrons. The molecular formula is C32H35NO6. The molecule has 1 heterocycles. The lowest BCUT2D eigenvalue weighted by atomic mass is 9.87. The molecule has 1 saturated carbocycles. The molecule has 5 rings (SSSR count). The van der Waals surface area contributed by atoms with Crippen LogP contribution in [0.25, 0.3) is 11.1 Å². The lowest BCUT2D eigenvalue weighted by Gasteiger charge is -2.23. The number of rotatable bonds is 11. The predicted octanol–water partition coefficient (Wildman–Crippen LogP) is 5.75. The number of esters is 1. The lowest BCUT2D eigenvalue weighted by Crippen LogP contribution is -2.36. The van der Waals surface area contributed by atoms with Gasteiger partial charge in [-0.25, -0.2) is 0 Å². The molecule has 204 valence electrons. The smallest absolute Gasteiger partial charge is 0.303 e. The molecule has 1 fully saturated rings. The average molecular weight is 530 g/mol. The summed E-state index contributed by atoms with van der Waals surface area (Å²) in [7, 11) is 1.99. The number of hydrogen-bond donors (Lipinski definition) is 1. The van der Waals surface area contributed by atoms with Crippen LogP contribution in [0.3, 0.4) is 0 Å². The first-order valence-corrected chi connectivity index (χ1v) is 13.4. The van der Waals surface area contributed by atoms with Crippen molar-refractivity contribution in [1.82, 2.24) is 4.90 Å². The summed E-state index contributed by atoms with van der Waals surface area (Å²) in [6.07, 6.45) is 1.89. The summed E-state index contributed by atoms with van der Waals surface area (Å²) in [4.78, 5) is 13.7. The molecule has 0 amide bonds. The van der Waals surface area contributed by atoms with Crippen molar-refractivity contribution in [1.29, 1.82) is 0 Å². The van der Waals surface area contributed by atoms with Gasteiger partial charge in [0.25, 0.3) is 0 Å². The Kier molecular flexibility index (Phi) is 8.07. The second kappa shape index (κ2) is 11.8. The van der Waals surface area contributed by atoms with Gasteiger partial charge in [0.2, 0.25) is 6.79 Å². The zero-order valence-electron chi connectivity index (χ0n) is 22.7. The molecule has 3 aromatic carbocycles. The normalized spacial score (nSPS) is 15.6. The van der Waals surface area contributed by atoms with Crippen LogP contribution in [0.4, 0.5) is 0 Å². The second-order valence-electron chi connectivity index (χ2n) is 10.1. The zero-order chi connectivity index (χ0) is 27.4. The maximum atomic E-state index is 11.6. The molecular weight excluding hydrogens is 494 g/mol. The molecule has 1 aliphatic heterocycles. The van der Waals surface area contributed by atoms with Crippen LogP contribution >= 0.6 is 0 Å². The molecule has 0 saturated heterocycles. The van der Waals surface area contributed by atoms with Crippen molar-refractivity contribution in [2.75, 3.05) is 33.5 Å². The maximum Gasteiger partial charge on any atom is 0.303 e. The van der Waals surface area contributed by atoms with Crippen LogP contribution in [0, 0.1) is 5.92 Å². The Morgan fingerprint density at radius 2 is 1.62 bits per heavy atom. The van der Waals surface area contributed by atoms with Crippen LogP contribution in [0.5, 0.6) is 23.0 Å². The Hall–Kier alpha value is -3.97. The highest BCUT2D eigenvalue weighted by Crippen LogP contribution is 2.49. The summed E-state index contributed by atoms with van der Waals surface area (Å²) in [5, 5.41) is 9.96. The molecule has 2 aliphatic rings. The van der Waals surface area contributed by atoms with Crippen LogP contribution < -0.4 is 14.2 Å². The predicted molar refractivity (Wildman–Crippen MR) is 150 cm³/mol. The average Bonchev–Trinajstić information content (AvgIpc) is 3.66. The minimum atomic E-state index is -0.355. The Morgan fingerprint density at radius 3 is 2.26 bits per heavy atom. The standard InChI is InChI=1S/C32H35NO6/c1-4-33(3)18-28(39-21(2)34)19-36-27-14-9-24(10-15-27)31(23-7-12-26(35)13-8-23)32(22-5-6-22)25-11-16-29-30(17-25)38-20-37-29/h7-17,22,28,35H,4-6,18-20H2,1-3H3. The number of benzene rings is 3. The Morgan fingerprint density at radius 1 is 0.974 bits per heavy atom. The molecule has 0 bridgehead atoms. The summed E-state index contributed by atoms with van der Waals surface area (Å²) < 4.78 is 22.7. The van der Waals surface area contributed by atoms with Gasteiger partial charge < -0.3 is 29.0 Å². The van der Waals surface area contributed by atoms with E-state index in [9.17, 15) is 9.90 Å². The molecule has 1 N–H and O–H groups in total. The fourth-order valence-corrected chi connectivity index (χ4v) is 4.87. The number of phenols is 1. The number of nitrogens with zero attached hydrogens (tertiary/aromatic N) is 1. The quantitative estimate of drug-likeness (QED) is 0.250. The third kappa shape index (κ3) is 6.55. The van der Waals surface area contributed by atoms with Crippen molar-refractivity contribution in [3.8, 4) is 23.0 Å². The van der Waals surface area contributed by atoms with Gasteiger partial charge in [-0.15, -0.1) is 0 Å². The Labute approximate surface area is 229 Å². The van der Waals surface area contributed by atoms with Gasteiger partial charge in [0.05, 0.1) is 0 Å². The summed E-state index contributed by atoms with van der Waals surface area (Å²) in [5.74, 6) is 2.58. The van der Waals surface area contributed by atoms with Gasteiger partial charge in [0.15, 0.2) is 11.5 Å². The number of phenolic OH excluding ortho intramolecular Hbond substituents is 1. The molecule has 0 aromatic heterocycles. The van der Waals surface area contributed by atoms with Gasteiger partial charge in [-0.2, -0.15) is 0 Å². The third-order valence-corrected chi connectivity index (χ3v) is 7.06. The summed E-state index contributed by atoms with van der Waals surface area (Å²) in [6.45, 7) is 5.44. The van der Waals surface area contributed by atoms with E-state index in [0.717, 1.165) is 53.1 Å². The van der Waals surface area contributed by atoms with E-state index in [4.69, 9.17) is 18.9 Å². The fraction of sp³-hybridized carbons (Fsp3) is 0.344. The number of fused-ring (bicyclic) bond motifs is 1. The van der Waals surface area contributed by atoms with Crippen molar-refractivity contribution >= 4 is 17.1 Å². The van der Waals surface area contributed by atoms with E-state index in [0.29, 0.717) is 18.2 Å². The Bertz CT molecular complexity index is 1330. The van der Waals surface area contributed by atoms with Crippen molar-refractivity contribution in [3.63, 3.8) is 0 Å².